The Labute approximate surface area is 178 Å². The molecule has 1 aliphatic heterocycles. The molecule has 0 amide bonds. The molecule has 3 rings (SSSR count). The minimum atomic E-state index is -3.64. The third-order valence-corrected chi connectivity index (χ3v) is 6.33. The number of methoxy groups -OCH3 is 1. The number of benzene rings is 1. The Morgan fingerprint density at radius 3 is 2.67 bits per heavy atom. The lowest BCUT2D eigenvalue weighted by molar-refractivity contribution is 0.293. The topological polar surface area (TPSA) is 107 Å². The number of ether oxygens (including phenoxy) is 2. The van der Waals surface area contributed by atoms with Crippen LogP contribution in [0.1, 0.15) is 33.1 Å². The van der Waals surface area contributed by atoms with E-state index in [1.54, 1.807) is 7.11 Å². The van der Waals surface area contributed by atoms with Gasteiger partial charge in [0.15, 0.2) is 11.5 Å². The van der Waals surface area contributed by atoms with E-state index >= 15 is 0 Å². The van der Waals surface area contributed by atoms with Crippen molar-refractivity contribution in [3.8, 4) is 11.5 Å². The van der Waals surface area contributed by atoms with Crippen molar-refractivity contribution in [2.75, 3.05) is 38.3 Å². The Kier molecular flexibility index (Phi) is 7.38. The largest absolute Gasteiger partial charge is 0.493 e. The summed E-state index contributed by atoms with van der Waals surface area (Å²) in [6.45, 7) is 6.96. The van der Waals surface area contributed by atoms with Gasteiger partial charge in [-0.25, -0.2) is 9.86 Å². The maximum Gasteiger partial charge on any atom is 0.274 e. The van der Waals surface area contributed by atoms with E-state index in [1.807, 2.05) is 24.4 Å². The molecule has 1 atom stereocenters. The van der Waals surface area contributed by atoms with E-state index in [9.17, 15) is 8.42 Å². The third kappa shape index (κ3) is 5.53. The molecule has 2 aromatic rings. The summed E-state index contributed by atoms with van der Waals surface area (Å²) in [5, 5.41) is 6.10. The van der Waals surface area contributed by atoms with Crippen LogP contribution in [0.4, 0.5) is 5.69 Å². The fraction of sp³-hybridized carbons (Fsp3) is 0.571. The lowest BCUT2D eigenvalue weighted by Crippen LogP contribution is -2.40. The van der Waals surface area contributed by atoms with E-state index in [2.05, 4.69) is 28.5 Å². The Hall–Kier alpha value is -2.10. The van der Waals surface area contributed by atoms with Gasteiger partial charge in [0.2, 0.25) is 0 Å². The second-order valence-corrected chi connectivity index (χ2v) is 9.27. The van der Waals surface area contributed by atoms with E-state index in [-0.39, 0.29) is 5.92 Å². The number of anilines is 1. The molecule has 1 fully saturated rings. The van der Waals surface area contributed by atoms with Crippen LogP contribution in [0.3, 0.4) is 0 Å². The fourth-order valence-electron chi connectivity index (χ4n) is 4.02. The molecule has 2 heterocycles. The zero-order valence-electron chi connectivity index (χ0n) is 17.9. The summed E-state index contributed by atoms with van der Waals surface area (Å²) >= 11 is 0. The quantitative estimate of drug-likeness (QED) is 0.626. The fourth-order valence-corrected chi connectivity index (χ4v) is 4.52. The molecule has 3 N–H and O–H groups in total. The van der Waals surface area contributed by atoms with Crippen LogP contribution in [0.15, 0.2) is 24.4 Å². The summed E-state index contributed by atoms with van der Waals surface area (Å²) in [4.78, 5) is 6.89. The molecular formula is C21H32N4O4S. The summed E-state index contributed by atoms with van der Waals surface area (Å²) in [6, 6.07) is 6.00. The second kappa shape index (κ2) is 9.80. The smallest absolute Gasteiger partial charge is 0.274 e. The molecule has 1 aromatic heterocycles. The predicted octanol–water partition coefficient (Wildman–Crippen LogP) is 2.68. The highest BCUT2D eigenvalue weighted by atomic mass is 32.2. The van der Waals surface area contributed by atoms with Crippen molar-refractivity contribution in [2.24, 2.45) is 17.0 Å². The first-order valence-electron chi connectivity index (χ1n) is 10.4. The van der Waals surface area contributed by atoms with Crippen molar-refractivity contribution in [3.63, 3.8) is 0 Å². The first-order valence-corrected chi connectivity index (χ1v) is 12.0. The van der Waals surface area contributed by atoms with Gasteiger partial charge in [0, 0.05) is 43.0 Å². The van der Waals surface area contributed by atoms with Crippen LogP contribution in [0.25, 0.3) is 10.9 Å². The minimum Gasteiger partial charge on any atom is -0.493 e. The van der Waals surface area contributed by atoms with Crippen LogP contribution in [0.5, 0.6) is 11.5 Å². The van der Waals surface area contributed by atoms with Gasteiger partial charge in [0.1, 0.15) is 0 Å². The SMILES string of the molecule is CCCOc1cc2c(N3CCC(C(C)CNS(N)(=O)=O)CC3)ccnc2cc1OC. The minimum absolute atomic E-state index is 0.234. The monoisotopic (exact) mass is 436 g/mol. The van der Waals surface area contributed by atoms with Crippen LogP contribution >= 0.6 is 0 Å². The van der Waals surface area contributed by atoms with E-state index < -0.39 is 10.2 Å². The van der Waals surface area contributed by atoms with E-state index in [0.29, 0.717) is 24.8 Å². The van der Waals surface area contributed by atoms with Gasteiger partial charge in [0.25, 0.3) is 10.2 Å². The Balaban J connectivity index is 1.75. The third-order valence-electron chi connectivity index (χ3n) is 5.76. The highest BCUT2D eigenvalue weighted by Crippen LogP contribution is 2.37. The number of hydrogen-bond acceptors (Lipinski definition) is 6. The first kappa shape index (κ1) is 22.6. The molecule has 0 bridgehead atoms. The number of rotatable bonds is 9. The van der Waals surface area contributed by atoms with E-state index in [0.717, 1.165) is 54.7 Å². The first-order chi connectivity index (χ1) is 14.3. The standard InChI is InChI=1S/C21H32N4O4S/c1-4-11-29-21-12-17-18(13-20(21)28-3)23-8-5-19(17)25-9-6-16(7-10-25)15(2)14-24-30(22,26)27/h5,8,12-13,15-16,24H,4,6-7,9-11,14H2,1-3H3,(H2,22,26,27). The van der Waals surface area contributed by atoms with E-state index in [4.69, 9.17) is 14.6 Å². The number of fused-ring (bicyclic) bond motifs is 1. The number of nitrogens with one attached hydrogen (secondary N) is 1. The average molecular weight is 437 g/mol. The molecule has 1 saturated heterocycles. The van der Waals surface area contributed by atoms with Gasteiger partial charge in [-0.05, 0) is 43.2 Å². The molecule has 8 nitrogen and oxygen atoms in total. The van der Waals surface area contributed by atoms with Crippen molar-refractivity contribution in [1.29, 1.82) is 0 Å². The van der Waals surface area contributed by atoms with Crippen molar-refractivity contribution < 1.29 is 17.9 Å². The molecule has 0 radical (unpaired) electrons. The van der Waals surface area contributed by atoms with Gasteiger partial charge < -0.3 is 14.4 Å². The van der Waals surface area contributed by atoms with Gasteiger partial charge in [-0.15, -0.1) is 0 Å². The van der Waals surface area contributed by atoms with E-state index in [1.165, 1.54) is 0 Å². The normalized spacial score (nSPS) is 16.6. The molecule has 1 unspecified atom stereocenters. The van der Waals surface area contributed by atoms with Gasteiger partial charge >= 0.3 is 0 Å². The molecule has 1 aliphatic rings. The second-order valence-electron chi connectivity index (χ2n) is 7.89. The summed E-state index contributed by atoms with van der Waals surface area (Å²) < 4.78 is 36.1. The molecule has 9 heteroatoms. The maximum absolute atomic E-state index is 11.2. The number of aromatic nitrogens is 1. The van der Waals surface area contributed by atoms with Gasteiger partial charge in [-0.2, -0.15) is 8.42 Å². The van der Waals surface area contributed by atoms with Crippen LogP contribution in [-0.2, 0) is 10.2 Å². The Morgan fingerprint density at radius 2 is 2.03 bits per heavy atom. The predicted molar refractivity (Wildman–Crippen MR) is 119 cm³/mol. The van der Waals surface area contributed by atoms with Crippen LogP contribution in [-0.4, -0.2) is 46.8 Å². The Morgan fingerprint density at radius 1 is 1.30 bits per heavy atom. The lowest BCUT2D eigenvalue weighted by atomic mass is 9.85. The zero-order valence-corrected chi connectivity index (χ0v) is 18.7. The summed E-state index contributed by atoms with van der Waals surface area (Å²) in [5.41, 5.74) is 2.01. The molecule has 30 heavy (non-hydrogen) atoms. The van der Waals surface area contributed by atoms with Crippen molar-refractivity contribution in [2.45, 2.75) is 33.1 Å². The molecule has 0 aliphatic carbocycles. The zero-order chi connectivity index (χ0) is 21.7. The summed E-state index contributed by atoms with van der Waals surface area (Å²) in [6.07, 6.45) is 4.74. The van der Waals surface area contributed by atoms with Crippen molar-refractivity contribution in [1.82, 2.24) is 9.71 Å². The molecule has 1 aromatic carbocycles. The molecular weight excluding hydrogens is 404 g/mol. The summed E-state index contributed by atoms with van der Waals surface area (Å²) in [7, 11) is -2.00. The van der Waals surface area contributed by atoms with Gasteiger partial charge in [0.05, 0.1) is 19.2 Å². The van der Waals surface area contributed by atoms with Crippen LogP contribution < -0.4 is 24.2 Å². The average Bonchev–Trinajstić information content (AvgIpc) is 2.74. The summed E-state index contributed by atoms with van der Waals surface area (Å²) in [5.74, 6) is 2.11. The number of piperidine rings is 1. The van der Waals surface area contributed by atoms with Crippen LogP contribution in [0, 0.1) is 11.8 Å². The highest BCUT2D eigenvalue weighted by molar-refractivity contribution is 7.87. The van der Waals surface area contributed by atoms with Crippen molar-refractivity contribution in [3.05, 3.63) is 24.4 Å². The number of pyridine rings is 1. The Bertz CT molecular complexity index is 959. The maximum atomic E-state index is 11.2. The highest BCUT2D eigenvalue weighted by Gasteiger charge is 2.25. The number of nitrogens with two attached hydrogens (primary N) is 1. The number of hydrogen-bond donors (Lipinski definition) is 2. The van der Waals surface area contributed by atoms with Gasteiger partial charge in [-0.3, -0.25) is 4.98 Å². The van der Waals surface area contributed by atoms with Crippen molar-refractivity contribution >= 4 is 26.8 Å². The lowest BCUT2D eigenvalue weighted by Gasteiger charge is -2.36. The molecule has 166 valence electrons. The van der Waals surface area contributed by atoms with Crippen LogP contribution in [0.2, 0.25) is 0 Å². The van der Waals surface area contributed by atoms with Gasteiger partial charge in [-0.1, -0.05) is 13.8 Å². The molecule has 0 saturated carbocycles. The molecule has 0 spiro atoms. The number of nitrogens with zero attached hydrogens (tertiary/aromatic N) is 2.